The number of hydrogen-bond acceptors (Lipinski definition) is 6. The third kappa shape index (κ3) is 4.43. The zero-order valence-corrected chi connectivity index (χ0v) is 18.3. The number of amides is 1. The molecular weight excluding hydrogens is 438 g/mol. The monoisotopic (exact) mass is 455 g/mol. The number of rotatable bonds is 6. The number of nitrogens with zero attached hydrogens (tertiary/aromatic N) is 1. The number of para-hydroxylation sites is 1. The third-order valence-electron chi connectivity index (χ3n) is 4.25. The van der Waals surface area contributed by atoms with Crippen molar-refractivity contribution in [2.75, 3.05) is 10.0 Å². The summed E-state index contributed by atoms with van der Waals surface area (Å²) in [7, 11) is -3.83. The number of carbonyl (C=O) groups excluding carboxylic acids is 1. The van der Waals surface area contributed by atoms with E-state index in [2.05, 4.69) is 15.0 Å². The van der Waals surface area contributed by atoms with Crippen LogP contribution in [-0.2, 0) is 10.0 Å². The quantitative estimate of drug-likeness (QED) is 0.416. The number of anilines is 2. The van der Waals surface area contributed by atoms with Crippen molar-refractivity contribution >= 4 is 49.4 Å². The summed E-state index contributed by atoms with van der Waals surface area (Å²) in [5.74, 6) is -0.440. The van der Waals surface area contributed by atoms with Gasteiger partial charge in [-0.1, -0.05) is 35.9 Å². The Hall–Kier alpha value is -3.01. The number of benzene rings is 2. The fraction of sp³-hybridized carbons (Fsp3) is 0.0476. The SMILES string of the molecule is Cc1ccc(S(=O)(=O)Nc2ccccc2C(=O)Nc2nc(-c3cccs3)cs2)cc1. The van der Waals surface area contributed by atoms with Crippen LogP contribution in [0, 0.1) is 6.92 Å². The van der Waals surface area contributed by atoms with E-state index in [1.165, 1.54) is 23.5 Å². The average molecular weight is 456 g/mol. The van der Waals surface area contributed by atoms with Crippen molar-refractivity contribution in [3.8, 4) is 10.6 Å². The van der Waals surface area contributed by atoms with Crippen LogP contribution in [0.3, 0.4) is 0 Å². The number of carbonyl (C=O) groups is 1. The Bertz CT molecular complexity index is 1280. The number of aryl methyl sites for hydroxylation is 1. The van der Waals surface area contributed by atoms with Crippen LogP contribution in [0.15, 0.2) is 76.3 Å². The van der Waals surface area contributed by atoms with Gasteiger partial charge in [0.05, 0.1) is 26.7 Å². The molecule has 0 aliphatic heterocycles. The molecule has 9 heteroatoms. The Morgan fingerprint density at radius 1 is 0.967 bits per heavy atom. The van der Waals surface area contributed by atoms with Gasteiger partial charge in [-0.25, -0.2) is 13.4 Å². The number of nitrogens with one attached hydrogen (secondary N) is 2. The van der Waals surface area contributed by atoms with Crippen LogP contribution < -0.4 is 10.0 Å². The first-order chi connectivity index (χ1) is 14.4. The molecule has 0 aliphatic carbocycles. The Morgan fingerprint density at radius 2 is 1.73 bits per heavy atom. The molecule has 4 aromatic rings. The molecule has 0 atom stereocenters. The zero-order chi connectivity index (χ0) is 21.1. The van der Waals surface area contributed by atoms with Gasteiger partial charge in [-0.05, 0) is 42.6 Å². The predicted octanol–water partition coefficient (Wildman–Crippen LogP) is 5.23. The van der Waals surface area contributed by atoms with Crippen LogP contribution in [0.25, 0.3) is 10.6 Å². The van der Waals surface area contributed by atoms with E-state index in [4.69, 9.17) is 0 Å². The van der Waals surface area contributed by atoms with Crippen molar-refractivity contribution < 1.29 is 13.2 Å². The van der Waals surface area contributed by atoms with E-state index in [1.807, 2.05) is 29.8 Å². The van der Waals surface area contributed by atoms with Crippen LogP contribution in [-0.4, -0.2) is 19.3 Å². The van der Waals surface area contributed by atoms with Gasteiger partial charge in [0.1, 0.15) is 0 Å². The average Bonchev–Trinajstić information content (AvgIpc) is 3.40. The van der Waals surface area contributed by atoms with Gasteiger partial charge in [0.25, 0.3) is 15.9 Å². The molecule has 2 aromatic carbocycles. The summed E-state index contributed by atoms with van der Waals surface area (Å²) in [5, 5.41) is 7.03. The minimum atomic E-state index is -3.83. The van der Waals surface area contributed by atoms with Crippen molar-refractivity contribution in [2.24, 2.45) is 0 Å². The fourth-order valence-electron chi connectivity index (χ4n) is 2.72. The molecule has 0 bridgehead atoms. The lowest BCUT2D eigenvalue weighted by molar-refractivity contribution is 0.102. The first kappa shape index (κ1) is 20.3. The molecule has 30 heavy (non-hydrogen) atoms. The highest BCUT2D eigenvalue weighted by molar-refractivity contribution is 7.92. The molecular formula is C21H17N3O3S3. The van der Waals surface area contributed by atoms with Gasteiger partial charge in [0.15, 0.2) is 5.13 Å². The Morgan fingerprint density at radius 3 is 2.47 bits per heavy atom. The van der Waals surface area contributed by atoms with Gasteiger partial charge in [-0.15, -0.1) is 22.7 Å². The van der Waals surface area contributed by atoms with E-state index in [-0.39, 0.29) is 16.1 Å². The van der Waals surface area contributed by atoms with E-state index in [1.54, 1.807) is 47.7 Å². The van der Waals surface area contributed by atoms with Gasteiger partial charge >= 0.3 is 0 Å². The van der Waals surface area contributed by atoms with Gasteiger partial charge in [-0.3, -0.25) is 14.8 Å². The van der Waals surface area contributed by atoms with E-state index < -0.39 is 15.9 Å². The van der Waals surface area contributed by atoms with E-state index in [0.29, 0.717) is 5.13 Å². The van der Waals surface area contributed by atoms with Crippen LogP contribution in [0.4, 0.5) is 10.8 Å². The molecule has 6 nitrogen and oxygen atoms in total. The first-order valence-electron chi connectivity index (χ1n) is 8.92. The maximum atomic E-state index is 12.8. The maximum absolute atomic E-state index is 12.8. The highest BCUT2D eigenvalue weighted by Gasteiger charge is 2.19. The summed E-state index contributed by atoms with van der Waals surface area (Å²) in [6.07, 6.45) is 0. The molecule has 0 radical (unpaired) electrons. The normalized spacial score (nSPS) is 11.2. The number of sulfonamides is 1. The maximum Gasteiger partial charge on any atom is 0.261 e. The highest BCUT2D eigenvalue weighted by atomic mass is 32.2. The fourth-order valence-corrected chi connectivity index (χ4v) is 5.27. The lowest BCUT2D eigenvalue weighted by atomic mass is 10.2. The van der Waals surface area contributed by atoms with Crippen molar-refractivity contribution in [1.82, 2.24) is 4.98 Å². The lowest BCUT2D eigenvalue weighted by Gasteiger charge is -2.12. The second-order valence-electron chi connectivity index (χ2n) is 6.43. The predicted molar refractivity (Wildman–Crippen MR) is 122 cm³/mol. The molecule has 0 aliphatic rings. The van der Waals surface area contributed by atoms with E-state index in [9.17, 15) is 13.2 Å². The van der Waals surface area contributed by atoms with Crippen molar-refractivity contribution in [3.05, 3.63) is 82.6 Å². The summed E-state index contributed by atoms with van der Waals surface area (Å²) in [5.41, 5.74) is 2.16. The molecule has 2 N–H and O–H groups in total. The van der Waals surface area contributed by atoms with E-state index in [0.717, 1.165) is 16.1 Å². The largest absolute Gasteiger partial charge is 0.298 e. The first-order valence-corrected chi connectivity index (χ1v) is 12.2. The molecule has 0 saturated carbocycles. The molecule has 1 amide bonds. The van der Waals surface area contributed by atoms with Crippen LogP contribution >= 0.6 is 22.7 Å². The van der Waals surface area contributed by atoms with Crippen LogP contribution in [0.2, 0.25) is 0 Å². The topological polar surface area (TPSA) is 88.2 Å². The number of aromatic nitrogens is 1. The van der Waals surface area contributed by atoms with Crippen LogP contribution in [0.1, 0.15) is 15.9 Å². The summed E-state index contributed by atoms with van der Waals surface area (Å²) >= 11 is 2.88. The molecule has 152 valence electrons. The summed E-state index contributed by atoms with van der Waals surface area (Å²) in [4.78, 5) is 18.4. The summed E-state index contributed by atoms with van der Waals surface area (Å²) in [6.45, 7) is 1.88. The van der Waals surface area contributed by atoms with Crippen molar-refractivity contribution in [2.45, 2.75) is 11.8 Å². The molecule has 0 spiro atoms. The highest BCUT2D eigenvalue weighted by Crippen LogP contribution is 2.29. The lowest BCUT2D eigenvalue weighted by Crippen LogP contribution is -2.18. The summed E-state index contributed by atoms with van der Waals surface area (Å²) < 4.78 is 28.0. The zero-order valence-electron chi connectivity index (χ0n) is 15.8. The number of thiazole rings is 1. The molecule has 0 fully saturated rings. The molecule has 2 aromatic heterocycles. The van der Waals surface area contributed by atoms with Crippen molar-refractivity contribution in [1.29, 1.82) is 0 Å². The molecule has 0 saturated heterocycles. The third-order valence-corrected chi connectivity index (χ3v) is 7.28. The number of thiophene rings is 1. The minimum absolute atomic E-state index is 0.129. The molecule has 2 heterocycles. The van der Waals surface area contributed by atoms with Gasteiger partial charge in [0, 0.05) is 5.38 Å². The van der Waals surface area contributed by atoms with Gasteiger partial charge in [-0.2, -0.15) is 0 Å². The Kier molecular flexibility index (Phi) is 5.67. The molecule has 0 unspecified atom stereocenters. The standard InChI is InChI=1S/C21H17N3O3S3/c1-14-8-10-15(11-9-14)30(26,27)24-17-6-3-2-5-16(17)20(25)23-21-22-18(13-29-21)19-7-4-12-28-19/h2-13,24H,1H3,(H,22,23,25). The smallest absolute Gasteiger partial charge is 0.261 e. The second kappa shape index (κ2) is 8.39. The molecule has 4 rings (SSSR count). The van der Waals surface area contributed by atoms with Gasteiger partial charge in [0.2, 0.25) is 0 Å². The van der Waals surface area contributed by atoms with Crippen LogP contribution in [0.5, 0.6) is 0 Å². The minimum Gasteiger partial charge on any atom is -0.298 e. The Balaban J connectivity index is 1.55. The van der Waals surface area contributed by atoms with Crippen molar-refractivity contribution in [3.63, 3.8) is 0 Å². The Labute approximate surface area is 182 Å². The number of hydrogen-bond donors (Lipinski definition) is 2. The van der Waals surface area contributed by atoms with E-state index >= 15 is 0 Å². The second-order valence-corrected chi connectivity index (χ2v) is 9.92. The van der Waals surface area contributed by atoms with Gasteiger partial charge < -0.3 is 0 Å². The summed E-state index contributed by atoms with van der Waals surface area (Å²) in [6, 6.07) is 16.9.